The number of likely N-dealkylation sites (N-methyl/N-ethyl adjacent to an activating group) is 1. The molecule has 2 amide bonds. The Bertz CT molecular complexity index is 546. The van der Waals surface area contributed by atoms with Crippen molar-refractivity contribution < 1.29 is 9.59 Å². The van der Waals surface area contributed by atoms with Crippen molar-refractivity contribution in [1.29, 1.82) is 0 Å². The molecule has 0 radical (unpaired) electrons. The topological polar surface area (TPSA) is 52.7 Å². The Hall–Kier alpha value is -1.59. The molecule has 0 aromatic heterocycles. The first kappa shape index (κ1) is 11.5. The van der Waals surface area contributed by atoms with E-state index in [-0.39, 0.29) is 18.4 Å². The van der Waals surface area contributed by atoms with Crippen molar-refractivity contribution >= 4 is 34.8 Å². The Kier molecular flexibility index (Phi) is 2.53. The van der Waals surface area contributed by atoms with Crippen LogP contribution < -0.4 is 15.1 Å². The van der Waals surface area contributed by atoms with Crippen molar-refractivity contribution in [1.82, 2.24) is 5.32 Å². The number of halogens is 1. The van der Waals surface area contributed by atoms with Crippen molar-refractivity contribution in [3.05, 3.63) is 23.2 Å². The van der Waals surface area contributed by atoms with Crippen LogP contribution in [0.1, 0.15) is 0 Å². The molecule has 1 fully saturated rings. The first-order chi connectivity index (χ1) is 8.59. The number of nitrogens with one attached hydrogen (secondary N) is 1. The molecule has 94 valence electrons. The average Bonchev–Trinajstić information content (AvgIpc) is 2.35. The number of carbonyl (C=O) groups excluding carboxylic acids is 2. The van der Waals surface area contributed by atoms with Gasteiger partial charge in [0.1, 0.15) is 6.04 Å². The first-order valence-corrected chi connectivity index (χ1v) is 6.07. The van der Waals surface area contributed by atoms with Gasteiger partial charge in [-0.05, 0) is 18.2 Å². The summed E-state index contributed by atoms with van der Waals surface area (Å²) in [6, 6.07) is 4.75. The lowest BCUT2D eigenvalue weighted by atomic mass is 10.0. The minimum absolute atomic E-state index is 0.0784. The second kappa shape index (κ2) is 3.96. The van der Waals surface area contributed by atoms with Crippen LogP contribution in [0.5, 0.6) is 0 Å². The lowest BCUT2D eigenvalue weighted by Crippen LogP contribution is -2.63. The van der Waals surface area contributed by atoms with E-state index in [1.54, 1.807) is 35.0 Å². The van der Waals surface area contributed by atoms with Crippen LogP contribution in [0.15, 0.2) is 18.2 Å². The van der Waals surface area contributed by atoms with E-state index in [9.17, 15) is 9.59 Å². The van der Waals surface area contributed by atoms with E-state index in [0.29, 0.717) is 17.3 Å². The lowest BCUT2D eigenvalue weighted by Gasteiger charge is -2.42. The van der Waals surface area contributed by atoms with Crippen LogP contribution in [-0.4, -0.2) is 38.0 Å². The number of rotatable bonds is 0. The smallest absolute Gasteiger partial charge is 0.251 e. The molecule has 2 aliphatic heterocycles. The predicted octanol–water partition coefficient (Wildman–Crippen LogP) is 0.621. The first-order valence-electron chi connectivity index (χ1n) is 5.69. The van der Waals surface area contributed by atoms with Crippen molar-refractivity contribution in [3.8, 4) is 0 Å². The monoisotopic (exact) mass is 265 g/mol. The number of carbonyl (C=O) groups is 2. The van der Waals surface area contributed by atoms with Gasteiger partial charge in [0.25, 0.3) is 5.91 Å². The fourth-order valence-electron chi connectivity index (χ4n) is 2.48. The third-order valence-corrected chi connectivity index (χ3v) is 3.60. The van der Waals surface area contributed by atoms with Crippen LogP contribution in [0, 0.1) is 0 Å². The van der Waals surface area contributed by atoms with Gasteiger partial charge >= 0.3 is 0 Å². The summed E-state index contributed by atoms with van der Waals surface area (Å²) in [5.74, 6) is -0.179. The number of anilines is 2. The molecule has 3 rings (SSSR count). The molecule has 1 aromatic carbocycles. The molecule has 2 heterocycles. The quantitative estimate of drug-likeness (QED) is 0.748. The highest BCUT2D eigenvalue weighted by Crippen LogP contribution is 2.37. The third-order valence-electron chi connectivity index (χ3n) is 3.37. The molecule has 18 heavy (non-hydrogen) atoms. The maximum absolute atomic E-state index is 12.2. The minimum atomic E-state index is -0.470. The van der Waals surface area contributed by atoms with Crippen molar-refractivity contribution in [3.63, 3.8) is 0 Å². The van der Waals surface area contributed by atoms with Gasteiger partial charge in [-0.2, -0.15) is 0 Å². The molecule has 1 saturated heterocycles. The number of fused-ring (bicyclic) bond motifs is 3. The Balaban J connectivity index is 2.19. The summed E-state index contributed by atoms with van der Waals surface area (Å²) >= 11 is 5.98. The molecule has 0 spiro atoms. The van der Waals surface area contributed by atoms with Gasteiger partial charge in [-0.1, -0.05) is 11.6 Å². The standard InChI is InChI=1S/C12H12ClN3O2/c1-15-8-3-2-7(13)4-9(8)16-10(12(15)18)5-14-6-11(16)17/h2-4,10,14H,5-6H2,1H3. The second-order valence-corrected chi connectivity index (χ2v) is 4.88. The lowest BCUT2D eigenvalue weighted by molar-refractivity contribution is -0.126. The number of piperazine rings is 1. The molecule has 1 N–H and O–H groups in total. The molecule has 5 nitrogen and oxygen atoms in total. The fraction of sp³-hybridized carbons (Fsp3) is 0.333. The van der Waals surface area contributed by atoms with Crippen molar-refractivity contribution in [2.45, 2.75) is 6.04 Å². The van der Waals surface area contributed by atoms with Gasteiger partial charge < -0.3 is 10.2 Å². The van der Waals surface area contributed by atoms with Gasteiger partial charge in [0.2, 0.25) is 5.91 Å². The highest BCUT2D eigenvalue weighted by atomic mass is 35.5. The van der Waals surface area contributed by atoms with Crippen molar-refractivity contribution in [2.24, 2.45) is 0 Å². The van der Waals surface area contributed by atoms with Gasteiger partial charge in [0.15, 0.2) is 0 Å². The van der Waals surface area contributed by atoms with E-state index >= 15 is 0 Å². The van der Waals surface area contributed by atoms with Gasteiger partial charge in [-0.3, -0.25) is 14.5 Å². The zero-order chi connectivity index (χ0) is 12.9. The van der Waals surface area contributed by atoms with Crippen LogP contribution >= 0.6 is 11.6 Å². The highest BCUT2D eigenvalue weighted by molar-refractivity contribution is 6.31. The zero-order valence-electron chi connectivity index (χ0n) is 9.81. The van der Waals surface area contributed by atoms with Crippen LogP contribution in [0.3, 0.4) is 0 Å². The number of hydrogen-bond acceptors (Lipinski definition) is 3. The predicted molar refractivity (Wildman–Crippen MR) is 69.0 cm³/mol. The SMILES string of the molecule is CN1C(=O)C2CNCC(=O)N2c2cc(Cl)ccc21. The van der Waals surface area contributed by atoms with E-state index in [1.807, 2.05) is 0 Å². The summed E-state index contributed by atoms with van der Waals surface area (Å²) in [7, 11) is 1.71. The van der Waals surface area contributed by atoms with Gasteiger partial charge in [0.05, 0.1) is 17.9 Å². The zero-order valence-corrected chi connectivity index (χ0v) is 10.6. The molecule has 0 aliphatic carbocycles. The molecule has 0 saturated carbocycles. The maximum Gasteiger partial charge on any atom is 0.251 e. The van der Waals surface area contributed by atoms with Crippen LogP contribution in [0.2, 0.25) is 5.02 Å². The summed E-state index contributed by atoms with van der Waals surface area (Å²) in [6.45, 7) is 0.723. The molecule has 1 aromatic rings. The molecular formula is C12H12ClN3O2. The largest absolute Gasteiger partial charge is 0.312 e. The minimum Gasteiger partial charge on any atom is -0.312 e. The highest BCUT2D eigenvalue weighted by Gasteiger charge is 2.41. The summed E-state index contributed by atoms with van der Waals surface area (Å²) in [5.41, 5.74) is 1.43. The van der Waals surface area contributed by atoms with E-state index < -0.39 is 6.04 Å². The van der Waals surface area contributed by atoms with E-state index in [1.165, 1.54) is 0 Å². The number of hydrogen-bond donors (Lipinski definition) is 1. The molecule has 1 atom stereocenters. The summed E-state index contributed by atoms with van der Waals surface area (Å²) < 4.78 is 0. The van der Waals surface area contributed by atoms with E-state index in [2.05, 4.69) is 5.32 Å². The van der Waals surface area contributed by atoms with Crippen LogP contribution in [0.4, 0.5) is 11.4 Å². The summed E-state index contributed by atoms with van der Waals surface area (Å²) in [6.07, 6.45) is 0. The van der Waals surface area contributed by atoms with E-state index in [0.717, 1.165) is 5.69 Å². The Morgan fingerprint density at radius 2 is 2.11 bits per heavy atom. The second-order valence-electron chi connectivity index (χ2n) is 4.44. The number of nitrogens with zero attached hydrogens (tertiary/aromatic N) is 2. The van der Waals surface area contributed by atoms with E-state index in [4.69, 9.17) is 11.6 Å². The normalized spacial score (nSPS) is 22.9. The average molecular weight is 266 g/mol. The Morgan fingerprint density at radius 1 is 1.33 bits per heavy atom. The molecule has 6 heteroatoms. The van der Waals surface area contributed by atoms with Crippen LogP contribution in [0.25, 0.3) is 0 Å². The Morgan fingerprint density at radius 3 is 2.89 bits per heavy atom. The molecule has 1 unspecified atom stereocenters. The number of benzene rings is 1. The number of amides is 2. The van der Waals surface area contributed by atoms with Gasteiger partial charge in [-0.15, -0.1) is 0 Å². The Labute approximate surface area is 109 Å². The maximum atomic E-state index is 12.2. The molecular weight excluding hydrogens is 254 g/mol. The fourth-order valence-corrected chi connectivity index (χ4v) is 2.65. The molecule has 0 bridgehead atoms. The van der Waals surface area contributed by atoms with Gasteiger partial charge in [-0.25, -0.2) is 0 Å². The summed E-state index contributed by atoms with van der Waals surface area (Å²) in [4.78, 5) is 27.3. The van der Waals surface area contributed by atoms with Crippen molar-refractivity contribution in [2.75, 3.05) is 29.9 Å². The molecule has 2 aliphatic rings. The van der Waals surface area contributed by atoms with Crippen LogP contribution in [-0.2, 0) is 9.59 Å². The summed E-state index contributed by atoms with van der Waals surface area (Å²) in [5, 5.41) is 3.52. The van der Waals surface area contributed by atoms with Gasteiger partial charge in [0, 0.05) is 18.6 Å². The third kappa shape index (κ3) is 1.51.